The van der Waals surface area contributed by atoms with E-state index in [1.807, 2.05) is 37.3 Å². The summed E-state index contributed by atoms with van der Waals surface area (Å²) < 4.78 is 0. The molecule has 112 valence electrons. The van der Waals surface area contributed by atoms with Crippen molar-refractivity contribution in [2.45, 2.75) is 57.2 Å². The molecule has 1 aromatic carbocycles. The van der Waals surface area contributed by atoms with E-state index in [-0.39, 0.29) is 17.9 Å². The fourth-order valence-corrected chi connectivity index (χ4v) is 3.62. The number of nitrogens with one attached hydrogen (secondary N) is 1. The van der Waals surface area contributed by atoms with Crippen LogP contribution < -0.4 is 5.32 Å². The summed E-state index contributed by atoms with van der Waals surface area (Å²) in [5, 5.41) is 3.03. The minimum Gasteiger partial charge on any atom is -0.340 e. The van der Waals surface area contributed by atoms with E-state index in [2.05, 4.69) is 5.32 Å². The van der Waals surface area contributed by atoms with E-state index in [1.165, 1.54) is 0 Å². The summed E-state index contributed by atoms with van der Waals surface area (Å²) in [6.07, 6.45) is 4.24. The Morgan fingerprint density at radius 1 is 1.19 bits per heavy atom. The van der Waals surface area contributed by atoms with Crippen molar-refractivity contribution in [3.05, 3.63) is 35.9 Å². The van der Waals surface area contributed by atoms with Gasteiger partial charge >= 0.3 is 0 Å². The molecule has 3 rings (SSSR count). The highest BCUT2D eigenvalue weighted by Gasteiger charge is 2.51. The van der Waals surface area contributed by atoms with E-state index >= 15 is 0 Å². The molecule has 0 aromatic heterocycles. The number of nitrogens with zero attached hydrogens (tertiary/aromatic N) is 1. The standard InChI is InChI=1S/C17H22N2O2/c1-2-14-15(20)18-17(10-6-7-11-17)16(21)19(14)12-13-8-4-3-5-9-13/h3-5,8-9,14H,2,6-7,10-12H2,1H3,(H,18,20). The first-order chi connectivity index (χ1) is 10.2. The number of carbonyl (C=O) groups is 2. The molecule has 0 radical (unpaired) electrons. The van der Waals surface area contributed by atoms with Crippen LogP contribution in [0.25, 0.3) is 0 Å². The van der Waals surface area contributed by atoms with Gasteiger partial charge in [0.25, 0.3) is 0 Å². The molecule has 0 bridgehead atoms. The Morgan fingerprint density at radius 2 is 1.86 bits per heavy atom. The number of rotatable bonds is 3. The van der Waals surface area contributed by atoms with Crippen LogP contribution in [-0.2, 0) is 16.1 Å². The lowest BCUT2D eigenvalue weighted by Gasteiger charge is -2.44. The molecule has 1 saturated heterocycles. The van der Waals surface area contributed by atoms with Gasteiger partial charge in [-0.2, -0.15) is 0 Å². The number of hydrogen-bond acceptors (Lipinski definition) is 2. The molecule has 1 N–H and O–H groups in total. The Balaban J connectivity index is 1.89. The molecule has 1 heterocycles. The third-order valence-corrected chi connectivity index (χ3v) is 4.75. The normalized spacial score (nSPS) is 24.4. The largest absolute Gasteiger partial charge is 0.340 e. The van der Waals surface area contributed by atoms with Gasteiger partial charge in [0, 0.05) is 6.54 Å². The van der Waals surface area contributed by atoms with E-state index in [1.54, 1.807) is 4.90 Å². The van der Waals surface area contributed by atoms with Crippen LogP contribution in [0.2, 0.25) is 0 Å². The minimum absolute atomic E-state index is 0.00920. The molecule has 1 spiro atoms. The molecule has 21 heavy (non-hydrogen) atoms. The highest BCUT2D eigenvalue weighted by molar-refractivity contribution is 6.00. The predicted molar refractivity (Wildman–Crippen MR) is 80.4 cm³/mol. The van der Waals surface area contributed by atoms with Crippen molar-refractivity contribution in [1.29, 1.82) is 0 Å². The van der Waals surface area contributed by atoms with Gasteiger partial charge in [0.15, 0.2) is 0 Å². The first-order valence-corrected chi connectivity index (χ1v) is 7.83. The molecule has 1 saturated carbocycles. The van der Waals surface area contributed by atoms with Gasteiger partial charge in [0.2, 0.25) is 11.8 Å². The van der Waals surface area contributed by atoms with Gasteiger partial charge in [-0.1, -0.05) is 50.1 Å². The summed E-state index contributed by atoms with van der Waals surface area (Å²) in [6.45, 7) is 2.48. The highest BCUT2D eigenvalue weighted by atomic mass is 16.2. The maximum absolute atomic E-state index is 13.0. The van der Waals surface area contributed by atoms with Crippen molar-refractivity contribution in [3.8, 4) is 0 Å². The lowest BCUT2D eigenvalue weighted by atomic mass is 9.89. The van der Waals surface area contributed by atoms with Crippen molar-refractivity contribution >= 4 is 11.8 Å². The van der Waals surface area contributed by atoms with Crippen LogP contribution in [-0.4, -0.2) is 28.3 Å². The van der Waals surface area contributed by atoms with Gasteiger partial charge in [0.1, 0.15) is 11.6 Å². The van der Waals surface area contributed by atoms with Crippen LogP contribution in [0.3, 0.4) is 0 Å². The van der Waals surface area contributed by atoms with Crippen molar-refractivity contribution < 1.29 is 9.59 Å². The van der Waals surface area contributed by atoms with Gasteiger partial charge in [0.05, 0.1) is 0 Å². The summed E-state index contributed by atoms with van der Waals surface area (Å²) in [5.74, 6) is 0.116. The Kier molecular flexibility index (Phi) is 3.70. The molecular formula is C17H22N2O2. The molecule has 2 fully saturated rings. The summed E-state index contributed by atoms with van der Waals surface area (Å²) in [6, 6.07) is 9.57. The van der Waals surface area contributed by atoms with Crippen molar-refractivity contribution in [2.75, 3.05) is 0 Å². The SMILES string of the molecule is CCC1C(=O)NC2(CCCC2)C(=O)N1Cc1ccccc1. The Morgan fingerprint density at radius 3 is 2.48 bits per heavy atom. The Bertz CT molecular complexity index is 535. The lowest BCUT2D eigenvalue weighted by molar-refractivity contribution is -0.155. The van der Waals surface area contributed by atoms with Crippen LogP contribution >= 0.6 is 0 Å². The van der Waals surface area contributed by atoms with Gasteiger partial charge in [-0.15, -0.1) is 0 Å². The number of piperazine rings is 1. The maximum Gasteiger partial charge on any atom is 0.249 e. The number of benzene rings is 1. The Labute approximate surface area is 125 Å². The molecule has 2 aliphatic rings. The summed E-state index contributed by atoms with van der Waals surface area (Å²) in [7, 11) is 0. The maximum atomic E-state index is 13.0. The second-order valence-corrected chi connectivity index (χ2v) is 6.12. The van der Waals surface area contributed by atoms with E-state index < -0.39 is 5.54 Å². The molecule has 2 amide bonds. The second kappa shape index (κ2) is 5.51. The number of carbonyl (C=O) groups excluding carboxylic acids is 2. The lowest BCUT2D eigenvalue weighted by Crippen LogP contribution is -2.69. The Hall–Kier alpha value is -1.84. The topological polar surface area (TPSA) is 49.4 Å². The zero-order chi connectivity index (χ0) is 14.9. The molecule has 1 atom stereocenters. The summed E-state index contributed by atoms with van der Waals surface area (Å²) >= 11 is 0. The summed E-state index contributed by atoms with van der Waals surface area (Å²) in [5.41, 5.74) is 0.449. The first-order valence-electron chi connectivity index (χ1n) is 7.83. The molecule has 4 nitrogen and oxygen atoms in total. The fourth-order valence-electron chi connectivity index (χ4n) is 3.62. The van der Waals surface area contributed by atoms with E-state index in [4.69, 9.17) is 0 Å². The molecule has 1 unspecified atom stereocenters. The van der Waals surface area contributed by atoms with Gasteiger partial charge < -0.3 is 10.2 Å². The van der Waals surface area contributed by atoms with E-state index in [0.29, 0.717) is 13.0 Å². The van der Waals surface area contributed by atoms with Crippen LogP contribution in [0.15, 0.2) is 30.3 Å². The third-order valence-electron chi connectivity index (χ3n) is 4.75. The average Bonchev–Trinajstić information content (AvgIpc) is 2.95. The molecule has 1 aromatic rings. The van der Waals surface area contributed by atoms with Crippen molar-refractivity contribution in [1.82, 2.24) is 10.2 Å². The van der Waals surface area contributed by atoms with Gasteiger partial charge in [-0.25, -0.2) is 0 Å². The number of hydrogen-bond donors (Lipinski definition) is 1. The van der Waals surface area contributed by atoms with Crippen LogP contribution in [0.5, 0.6) is 0 Å². The minimum atomic E-state index is -0.627. The van der Waals surface area contributed by atoms with Crippen molar-refractivity contribution in [3.63, 3.8) is 0 Å². The average molecular weight is 286 g/mol. The predicted octanol–water partition coefficient (Wildman–Crippen LogP) is 2.24. The second-order valence-electron chi connectivity index (χ2n) is 6.12. The van der Waals surface area contributed by atoms with E-state index in [0.717, 1.165) is 31.2 Å². The quantitative estimate of drug-likeness (QED) is 0.926. The first kappa shape index (κ1) is 14.1. The molecule has 1 aliphatic carbocycles. The molecule has 4 heteroatoms. The molecule has 1 aliphatic heterocycles. The number of amides is 2. The van der Waals surface area contributed by atoms with Crippen molar-refractivity contribution in [2.24, 2.45) is 0 Å². The third kappa shape index (κ3) is 2.43. The summed E-state index contributed by atoms with van der Waals surface area (Å²) in [4.78, 5) is 27.2. The van der Waals surface area contributed by atoms with Crippen LogP contribution in [0.1, 0.15) is 44.6 Å². The highest BCUT2D eigenvalue weighted by Crippen LogP contribution is 2.35. The van der Waals surface area contributed by atoms with Gasteiger partial charge in [-0.3, -0.25) is 9.59 Å². The zero-order valence-electron chi connectivity index (χ0n) is 12.5. The smallest absolute Gasteiger partial charge is 0.249 e. The fraction of sp³-hybridized carbons (Fsp3) is 0.529. The van der Waals surface area contributed by atoms with Crippen LogP contribution in [0, 0.1) is 0 Å². The van der Waals surface area contributed by atoms with Gasteiger partial charge in [-0.05, 0) is 24.8 Å². The zero-order valence-corrected chi connectivity index (χ0v) is 12.5. The van der Waals surface area contributed by atoms with E-state index in [9.17, 15) is 9.59 Å². The molecular weight excluding hydrogens is 264 g/mol. The monoisotopic (exact) mass is 286 g/mol. The van der Waals surface area contributed by atoms with Crippen LogP contribution in [0.4, 0.5) is 0 Å².